The van der Waals surface area contributed by atoms with Crippen LogP contribution < -0.4 is 10.6 Å². The SMILES string of the molecule is C=N/N=C\N(C)CCc1cccc(-n2cc3c(C(F)(F)F)cc(CN4CCC(OC(=O)N5CCC(CN6CCN(c7ccc(C=O)cc7)CC6)CC5)CC4)cn3c2=O)c1. The van der Waals surface area contributed by atoms with Crippen molar-refractivity contribution in [2.45, 2.75) is 50.9 Å². The Morgan fingerprint density at radius 1 is 0.898 bits per heavy atom. The summed E-state index contributed by atoms with van der Waals surface area (Å²) in [6.07, 6.45) is 3.54. The van der Waals surface area contributed by atoms with Crippen LogP contribution in [0.25, 0.3) is 11.2 Å². The number of ether oxygens (including phenoxy) is 1. The minimum absolute atomic E-state index is 0.211. The van der Waals surface area contributed by atoms with Crippen LogP contribution in [0.3, 0.4) is 0 Å². The van der Waals surface area contributed by atoms with Crippen LogP contribution in [-0.4, -0.2) is 133 Å². The zero-order valence-electron chi connectivity index (χ0n) is 33.5. The van der Waals surface area contributed by atoms with Gasteiger partial charge in [-0.3, -0.25) is 23.6 Å². The fraction of sp³-hybridized carbons (Fsp3) is 0.465. The number of likely N-dealkylation sites (tertiary alicyclic amines) is 2. The van der Waals surface area contributed by atoms with Gasteiger partial charge in [0.25, 0.3) is 0 Å². The van der Waals surface area contributed by atoms with E-state index in [1.807, 2.05) is 47.2 Å². The van der Waals surface area contributed by atoms with Crippen molar-refractivity contribution in [1.82, 2.24) is 28.6 Å². The lowest BCUT2D eigenvalue weighted by atomic mass is 9.96. The molecule has 13 nitrogen and oxygen atoms in total. The molecule has 16 heteroatoms. The average molecular weight is 816 g/mol. The number of hydrogen-bond acceptors (Lipinski definition) is 9. The third-order valence-corrected chi connectivity index (χ3v) is 11.8. The molecule has 4 aromatic rings. The number of aromatic nitrogens is 2. The number of amides is 1. The standard InChI is InChI=1S/C43H52F3N9O4/c1-47-48-31-49(2)15-10-32-4-3-5-37(24-32)54-29-40-39(43(44,45)46)25-35(28-55(40)41(54)57)27-50-16-13-38(14-17-50)59-42(58)53-18-11-33(12-19-53)26-51-20-22-52(23-21-51)36-8-6-34(30-56)7-9-36/h3-9,24-25,28-31,33,38H,1,10-23,26-27H2,2H3/b48-31-. The van der Waals surface area contributed by atoms with Crippen LogP contribution in [0, 0.1) is 5.92 Å². The fourth-order valence-electron chi connectivity index (χ4n) is 8.37. The van der Waals surface area contributed by atoms with Crippen LogP contribution in [0.2, 0.25) is 0 Å². The fourth-order valence-corrected chi connectivity index (χ4v) is 8.37. The highest BCUT2D eigenvalue weighted by molar-refractivity contribution is 5.75. The number of halogens is 3. The molecule has 314 valence electrons. The van der Waals surface area contributed by atoms with Crippen LogP contribution in [-0.2, 0) is 23.9 Å². The molecule has 0 spiro atoms. The van der Waals surface area contributed by atoms with E-state index in [1.54, 1.807) is 29.4 Å². The van der Waals surface area contributed by atoms with E-state index in [0.717, 1.165) is 73.6 Å². The van der Waals surface area contributed by atoms with Gasteiger partial charge in [0.05, 0.1) is 16.8 Å². The Labute approximate surface area is 341 Å². The van der Waals surface area contributed by atoms with Crippen LogP contribution >= 0.6 is 0 Å². The molecule has 0 saturated carbocycles. The number of nitrogens with zero attached hydrogens (tertiary/aromatic N) is 9. The lowest BCUT2D eigenvalue weighted by molar-refractivity contribution is -0.136. The summed E-state index contributed by atoms with van der Waals surface area (Å²) in [5.41, 5.74) is 1.91. The van der Waals surface area contributed by atoms with Crippen LogP contribution in [0.5, 0.6) is 0 Å². The van der Waals surface area contributed by atoms with Crippen molar-refractivity contribution in [3.8, 4) is 5.69 Å². The third kappa shape index (κ3) is 10.4. The summed E-state index contributed by atoms with van der Waals surface area (Å²) in [6.45, 7) is 11.4. The van der Waals surface area contributed by atoms with Gasteiger partial charge in [-0.05, 0) is 91.6 Å². The van der Waals surface area contributed by atoms with E-state index in [-0.39, 0.29) is 24.3 Å². The number of alkyl halides is 3. The van der Waals surface area contributed by atoms with E-state index in [2.05, 4.69) is 26.7 Å². The molecule has 3 fully saturated rings. The number of anilines is 1. The second kappa shape index (κ2) is 18.6. The zero-order valence-corrected chi connectivity index (χ0v) is 33.5. The van der Waals surface area contributed by atoms with Gasteiger partial charge in [-0.15, -0.1) is 5.10 Å². The maximum Gasteiger partial charge on any atom is 0.418 e. The maximum atomic E-state index is 14.5. The highest BCUT2D eigenvalue weighted by Gasteiger charge is 2.35. The number of benzene rings is 2. The molecule has 5 heterocycles. The van der Waals surface area contributed by atoms with Crippen molar-refractivity contribution in [1.29, 1.82) is 0 Å². The smallest absolute Gasteiger partial charge is 0.418 e. The Bertz CT molecular complexity index is 2160. The zero-order chi connectivity index (χ0) is 41.5. The Hall–Kier alpha value is -5.48. The van der Waals surface area contributed by atoms with Gasteiger partial charge in [-0.25, -0.2) is 9.59 Å². The second-order valence-electron chi connectivity index (χ2n) is 15.9. The summed E-state index contributed by atoms with van der Waals surface area (Å²) in [6, 6.07) is 16.0. The molecule has 3 aliphatic heterocycles. The van der Waals surface area contributed by atoms with E-state index >= 15 is 0 Å². The third-order valence-electron chi connectivity index (χ3n) is 11.8. The number of piperidine rings is 2. The number of carbonyl (C=O) groups is 2. The number of pyridine rings is 1. The van der Waals surface area contributed by atoms with Gasteiger partial charge in [0.1, 0.15) is 18.7 Å². The quantitative estimate of drug-likeness (QED) is 0.0735. The molecule has 2 aromatic carbocycles. The minimum atomic E-state index is -4.67. The van der Waals surface area contributed by atoms with Crippen LogP contribution in [0.4, 0.5) is 23.7 Å². The highest BCUT2D eigenvalue weighted by Crippen LogP contribution is 2.34. The molecule has 7 rings (SSSR count). The van der Waals surface area contributed by atoms with Gasteiger partial charge in [-0.2, -0.15) is 18.3 Å². The van der Waals surface area contributed by atoms with Crippen molar-refractivity contribution in [3.05, 3.63) is 99.7 Å². The molecule has 0 bridgehead atoms. The maximum absolute atomic E-state index is 14.5. The van der Waals surface area contributed by atoms with Crippen molar-refractivity contribution in [2.75, 3.05) is 77.4 Å². The van der Waals surface area contributed by atoms with Crippen molar-refractivity contribution in [2.24, 2.45) is 16.1 Å². The number of imidazole rings is 1. The average Bonchev–Trinajstić information content (AvgIpc) is 3.58. The minimum Gasteiger partial charge on any atom is -0.446 e. The van der Waals surface area contributed by atoms with Crippen molar-refractivity contribution in [3.63, 3.8) is 0 Å². The van der Waals surface area contributed by atoms with Gasteiger partial charge in [0.15, 0.2) is 0 Å². The number of rotatable bonds is 13. The Balaban J connectivity index is 0.888. The molecular weight excluding hydrogens is 764 g/mol. The summed E-state index contributed by atoms with van der Waals surface area (Å²) in [5, 5.41) is 7.21. The predicted molar refractivity (Wildman–Crippen MR) is 222 cm³/mol. The normalized spacial score (nSPS) is 17.8. The number of piperazine rings is 1. The topological polar surface area (TPSA) is 111 Å². The number of hydrogen-bond donors (Lipinski definition) is 0. The monoisotopic (exact) mass is 815 g/mol. The van der Waals surface area contributed by atoms with Crippen LogP contribution in [0.15, 0.2) is 82.0 Å². The second-order valence-corrected chi connectivity index (χ2v) is 15.9. The molecule has 3 aliphatic rings. The van der Waals surface area contributed by atoms with E-state index < -0.39 is 17.4 Å². The van der Waals surface area contributed by atoms with E-state index in [0.29, 0.717) is 74.7 Å². The Morgan fingerprint density at radius 3 is 2.31 bits per heavy atom. The van der Waals surface area contributed by atoms with Gasteiger partial charge >= 0.3 is 18.0 Å². The molecule has 0 radical (unpaired) electrons. The first-order chi connectivity index (χ1) is 28.5. The summed E-state index contributed by atoms with van der Waals surface area (Å²) in [5.74, 6) is 0.516. The van der Waals surface area contributed by atoms with Gasteiger partial charge in [-0.1, -0.05) is 12.1 Å². The van der Waals surface area contributed by atoms with E-state index in [9.17, 15) is 27.6 Å². The lowest BCUT2D eigenvalue weighted by Gasteiger charge is -2.39. The van der Waals surface area contributed by atoms with E-state index in [4.69, 9.17) is 4.74 Å². The number of likely N-dealkylation sites (N-methyl/N-ethyl adjacent to an activating group) is 1. The first-order valence-corrected chi connectivity index (χ1v) is 20.3. The summed E-state index contributed by atoms with van der Waals surface area (Å²) >= 11 is 0. The van der Waals surface area contributed by atoms with Gasteiger partial charge in [0, 0.05) is 109 Å². The van der Waals surface area contributed by atoms with Gasteiger partial charge < -0.3 is 19.4 Å². The number of carbonyl (C=O) groups excluding carboxylic acids is 2. The molecule has 0 aliphatic carbocycles. The Morgan fingerprint density at radius 2 is 1.63 bits per heavy atom. The molecule has 1 amide bonds. The highest BCUT2D eigenvalue weighted by atomic mass is 19.4. The lowest BCUT2D eigenvalue weighted by Crippen LogP contribution is -2.49. The summed E-state index contributed by atoms with van der Waals surface area (Å²) < 4.78 is 51.7. The van der Waals surface area contributed by atoms with Crippen LogP contribution in [0.1, 0.15) is 52.7 Å². The number of aldehydes is 1. The molecule has 3 saturated heterocycles. The first-order valence-electron chi connectivity index (χ1n) is 20.3. The molecular formula is C43H52F3N9O4. The summed E-state index contributed by atoms with van der Waals surface area (Å²) in [7, 11) is 1.84. The molecule has 0 unspecified atom stereocenters. The molecule has 0 N–H and O–H groups in total. The van der Waals surface area contributed by atoms with E-state index in [1.165, 1.54) is 17.0 Å². The largest absolute Gasteiger partial charge is 0.446 e. The van der Waals surface area contributed by atoms with Crippen molar-refractivity contribution >= 4 is 36.6 Å². The molecule has 0 atom stereocenters. The van der Waals surface area contributed by atoms with Crippen molar-refractivity contribution < 1.29 is 27.5 Å². The first kappa shape index (κ1) is 41.7. The summed E-state index contributed by atoms with van der Waals surface area (Å²) in [4.78, 5) is 48.3. The molecule has 2 aromatic heterocycles. The van der Waals surface area contributed by atoms with Gasteiger partial charge in [0.2, 0.25) is 0 Å². The number of fused-ring (bicyclic) bond motifs is 1. The Kier molecular flexibility index (Phi) is 13.2. The predicted octanol–water partition coefficient (Wildman–Crippen LogP) is 5.67. The molecule has 59 heavy (non-hydrogen) atoms.